The molecule has 0 saturated heterocycles. The molecule has 3 aromatic rings. The van der Waals surface area contributed by atoms with Crippen molar-refractivity contribution in [3.8, 4) is 0 Å². The summed E-state index contributed by atoms with van der Waals surface area (Å²) in [4.78, 5) is 16.4. The van der Waals surface area contributed by atoms with E-state index in [2.05, 4.69) is 14.7 Å². The second-order valence-corrected chi connectivity index (χ2v) is 4.98. The highest BCUT2D eigenvalue weighted by Gasteiger charge is 2.09. The van der Waals surface area contributed by atoms with E-state index in [9.17, 15) is 4.79 Å². The van der Waals surface area contributed by atoms with Gasteiger partial charge < -0.3 is 5.32 Å². The van der Waals surface area contributed by atoms with Gasteiger partial charge in [0.15, 0.2) is 0 Å². The van der Waals surface area contributed by atoms with Gasteiger partial charge in [-0.05, 0) is 36.7 Å². The number of nitrogens with zero attached hydrogens (tertiary/aromatic N) is 2. The van der Waals surface area contributed by atoms with Crippen LogP contribution in [0.3, 0.4) is 0 Å². The first-order valence-electron chi connectivity index (χ1n) is 5.83. The van der Waals surface area contributed by atoms with E-state index in [-0.39, 0.29) is 5.91 Å². The Balaban J connectivity index is 1.89. The predicted octanol–water partition coefficient (Wildman–Crippen LogP) is 3.25. The highest BCUT2D eigenvalue weighted by atomic mass is 32.1. The maximum Gasteiger partial charge on any atom is 0.274 e. The van der Waals surface area contributed by atoms with Crippen molar-refractivity contribution in [1.82, 2.24) is 9.36 Å². The van der Waals surface area contributed by atoms with Crippen LogP contribution >= 0.6 is 11.5 Å². The minimum absolute atomic E-state index is 0.214. The summed E-state index contributed by atoms with van der Waals surface area (Å²) in [6.07, 6.45) is 0. The van der Waals surface area contributed by atoms with Crippen LogP contribution in [0, 0.1) is 6.92 Å². The maximum absolute atomic E-state index is 12.1. The molecular formula is C14H11N3OS. The zero-order chi connectivity index (χ0) is 13.2. The van der Waals surface area contributed by atoms with Crippen molar-refractivity contribution in [2.24, 2.45) is 0 Å². The second-order valence-electron chi connectivity index (χ2n) is 4.18. The van der Waals surface area contributed by atoms with E-state index in [4.69, 9.17) is 0 Å². The van der Waals surface area contributed by atoms with Crippen LogP contribution in [0.1, 0.15) is 16.2 Å². The third kappa shape index (κ3) is 2.46. The first-order chi connectivity index (χ1) is 9.22. The molecule has 0 atom stereocenters. The Hall–Kier alpha value is -2.27. The molecule has 0 aliphatic rings. The summed E-state index contributed by atoms with van der Waals surface area (Å²) in [7, 11) is 0. The molecule has 3 rings (SSSR count). The third-order valence-corrected chi connectivity index (χ3v) is 3.49. The van der Waals surface area contributed by atoms with Gasteiger partial charge in [0.1, 0.15) is 10.7 Å². The lowest BCUT2D eigenvalue weighted by Gasteiger charge is -2.03. The fourth-order valence-corrected chi connectivity index (χ4v) is 2.45. The standard InChI is InChI=1S/C14H11N3OS/c1-9-8-13(19-17-9)16-14(18)12-7-6-10-4-2-3-5-11(10)15-12/h2-8H,1H3,(H,16,18). The van der Waals surface area contributed by atoms with Gasteiger partial charge in [0.2, 0.25) is 0 Å². The van der Waals surface area contributed by atoms with Gasteiger partial charge in [-0.2, -0.15) is 4.37 Å². The molecule has 0 aliphatic heterocycles. The van der Waals surface area contributed by atoms with E-state index in [1.54, 1.807) is 6.07 Å². The van der Waals surface area contributed by atoms with Crippen LogP contribution in [-0.2, 0) is 0 Å². The van der Waals surface area contributed by atoms with Crippen LogP contribution in [0.25, 0.3) is 10.9 Å². The number of para-hydroxylation sites is 1. The Kier molecular flexibility index (Phi) is 2.97. The topological polar surface area (TPSA) is 54.9 Å². The maximum atomic E-state index is 12.1. The molecule has 94 valence electrons. The molecule has 0 saturated carbocycles. The Morgan fingerprint density at radius 2 is 2.05 bits per heavy atom. The van der Waals surface area contributed by atoms with Crippen LogP contribution < -0.4 is 5.32 Å². The molecule has 1 aromatic carbocycles. The Morgan fingerprint density at radius 1 is 1.21 bits per heavy atom. The quantitative estimate of drug-likeness (QED) is 0.777. The van der Waals surface area contributed by atoms with Crippen LogP contribution in [0.15, 0.2) is 42.5 Å². The van der Waals surface area contributed by atoms with Crippen LogP contribution in [0.4, 0.5) is 5.00 Å². The van der Waals surface area contributed by atoms with Crippen molar-refractivity contribution in [3.63, 3.8) is 0 Å². The predicted molar refractivity (Wildman–Crippen MR) is 76.5 cm³/mol. The molecule has 5 heteroatoms. The summed E-state index contributed by atoms with van der Waals surface area (Å²) in [5.41, 5.74) is 2.12. The lowest BCUT2D eigenvalue weighted by atomic mass is 10.2. The SMILES string of the molecule is Cc1cc(NC(=O)c2ccc3ccccc3n2)sn1. The average Bonchev–Trinajstić information content (AvgIpc) is 2.83. The number of nitrogens with one attached hydrogen (secondary N) is 1. The van der Waals surface area contributed by atoms with Crippen molar-refractivity contribution in [1.29, 1.82) is 0 Å². The number of aryl methyl sites for hydroxylation is 1. The van der Waals surface area contributed by atoms with Crippen LogP contribution in [0.2, 0.25) is 0 Å². The molecule has 0 spiro atoms. The summed E-state index contributed by atoms with van der Waals surface area (Å²) in [6, 6.07) is 13.2. The van der Waals surface area contributed by atoms with Crippen LogP contribution in [-0.4, -0.2) is 15.3 Å². The summed E-state index contributed by atoms with van der Waals surface area (Å²) in [6.45, 7) is 1.89. The number of pyridine rings is 1. The summed E-state index contributed by atoms with van der Waals surface area (Å²) in [5, 5.41) is 4.55. The third-order valence-electron chi connectivity index (χ3n) is 2.70. The first kappa shape index (κ1) is 11.8. The number of rotatable bonds is 2. The first-order valence-corrected chi connectivity index (χ1v) is 6.60. The summed E-state index contributed by atoms with van der Waals surface area (Å²) < 4.78 is 4.12. The molecule has 0 aliphatic carbocycles. The van der Waals surface area contributed by atoms with Crippen molar-refractivity contribution in [3.05, 3.63) is 53.9 Å². The number of hydrogen-bond acceptors (Lipinski definition) is 4. The number of fused-ring (bicyclic) bond motifs is 1. The Bertz CT molecular complexity index is 751. The zero-order valence-electron chi connectivity index (χ0n) is 10.3. The summed E-state index contributed by atoms with van der Waals surface area (Å²) >= 11 is 1.27. The number of aromatic nitrogens is 2. The van der Waals surface area contributed by atoms with E-state index in [0.717, 1.165) is 21.6 Å². The minimum Gasteiger partial charge on any atom is -0.311 e. The molecule has 1 amide bonds. The van der Waals surface area contributed by atoms with Crippen molar-refractivity contribution in [2.75, 3.05) is 5.32 Å². The van der Waals surface area contributed by atoms with Gasteiger partial charge >= 0.3 is 0 Å². The van der Waals surface area contributed by atoms with Crippen molar-refractivity contribution < 1.29 is 4.79 Å². The highest BCUT2D eigenvalue weighted by molar-refractivity contribution is 7.10. The van der Waals surface area contributed by atoms with Gasteiger partial charge in [-0.25, -0.2) is 4.98 Å². The molecular weight excluding hydrogens is 258 g/mol. The minimum atomic E-state index is -0.214. The van der Waals surface area contributed by atoms with E-state index < -0.39 is 0 Å². The van der Waals surface area contributed by atoms with Crippen molar-refractivity contribution >= 4 is 33.3 Å². The number of carbonyl (C=O) groups is 1. The highest BCUT2D eigenvalue weighted by Crippen LogP contribution is 2.17. The molecule has 4 nitrogen and oxygen atoms in total. The molecule has 0 fully saturated rings. The van der Waals surface area contributed by atoms with E-state index in [0.29, 0.717) is 5.69 Å². The molecule has 2 heterocycles. The van der Waals surface area contributed by atoms with Crippen LogP contribution in [0.5, 0.6) is 0 Å². The number of benzene rings is 1. The number of carbonyl (C=O) groups excluding carboxylic acids is 1. The zero-order valence-corrected chi connectivity index (χ0v) is 11.1. The molecule has 2 aromatic heterocycles. The lowest BCUT2D eigenvalue weighted by Crippen LogP contribution is -2.12. The molecule has 0 unspecified atom stereocenters. The lowest BCUT2D eigenvalue weighted by molar-refractivity contribution is 0.102. The normalized spacial score (nSPS) is 10.6. The molecule has 0 radical (unpaired) electrons. The number of hydrogen-bond donors (Lipinski definition) is 1. The second kappa shape index (κ2) is 4.78. The van der Waals surface area contributed by atoms with Crippen molar-refractivity contribution in [2.45, 2.75) is 6.92 Å². The van der Waals surface area contributed by atoms with Gasteiger partial charge in [-0.1, -0.05) is 24.3 Å². The monoisotopic (exact) mass is 269 g/mol. The largest absolute Gasteiger partial charge is 0.311 e. The fourth-order valence-electron chi connectivity index (χ4n) is 1.79. The van der Waals surface area contributed by atoms with E-state index in [1.807, 2.05) is 43.3 Å². The number of anilines is 1. The fraction of sp³-hybridized carbons (Fsp3) is 0.0714. The Labute approximate surface area is 114 Å². The molecule has 1 N–H and O–H groups in total. The van der Waals surface area contributed by atoms with E-state index >= 15 is 0 Å². The van der Waals surface area contributed by atoms with Gasteiger partial charge in [0.05, 0.1) is 11.2 Å². The number of amides is 1. The molecule has 0 bridgehead atoms. The average molecular weight is 269 g/mol. The van der Waals surface area contributed by atoms with Gasteiger partial charge in [-0.3, -0.25) is 4.79 Å². The van der Waals surface area contributed by atoms with Gasteiger partial charge in [0.25, 0.3) is 5.91 Å². The van der Waals surface area contributed by atoms with E-state index in [1.165, 1.54) is 11.5 Å². The van der Waals surface area contributed by atoms with Gasteiger partial charge in [0, 0.05) is 5.39 Å². The summed E-state index contributed by atoms with van der Waals surface area (Å²) in [5.74, 6) is -0.214. The molecule has 19 heavy (non-hydrogen) atoms. The smallest absolute Gasteiger partial charge is 0.274 e. The Morgan fingerprint density at radius 3 is 2.84 bits per heavy atom. The van der Waals surface area contributed by atoms with Gasteiger partial charge in [-0.15, -0.1) is 0 Å².